The minimum Gasteiger partial charge on any atom is -0.349 e. The molecule has 128 valence electrons. The molecule has 0 unspecified atom stereocenters. The average molecular weight is 359 g/mol. The van der Waals surface area contributed by atoms with Crippen LogP contribution in [-0.2, 0) is 4.79 Å². The quantitative estimate of drug-likeness (QED) is 0.555. The van der Waals surface area contributed by atoms with Crippen molar-refractivity contribution in [2.75, 3.05) is 5.75 Å². The van der Waals surface area contributed by atoms with Crippen LogP contribution in [0.4, 0.5) is 8.78 Å². The van der Waals surface area contributed by atoms with Crippen molar-refractivity contribution in [2.24, 2.45) is 0 Å². The zero-order valence-electron chi connectivity index (χ0n) is 13.4. The molecule has 0 fully saturated rings. The van der Waals surface area contributed by atoms with E-state index in [1.165, 1.54) is 30.2 Å². The van der Waals surface area contributed by atoms with Gasteiger partial charge in [-0.15, -0.1) is 0 Å². The Hall–Kier alpha value is -2.54. The average Bonchev–Trinajstić information content (AvgIpc) is 2.59. The molecular weight excluding hydrogens is 344 g/mol. The smallest absolute Gasteiger partial charge is 0.230 e. The second-order valence-electron chi connectivity index (χ2n) is 5.44. The molecule has 2 aromatic carbocycles. The van der Waals surface area contributed by atoms with Gasteiger partial charge in [0.15, 0.2) is 0 Å². The Bertz CT molecular complexity index is 914. The number of hydrogen-bond acceptors (Lipinski definition) is 4. The molecule has 3 aromatic rings. The third-order valence-electron chi connectivity index (χ3n) is 3.65. The van der Waals surface area contributed by atoms with Gasteiger partial charge in [-0.2, -0.15) is 0 Å². The maximum absolute atomic E-state index is 13.8. The van der Waals surface area contributed by atoms with E-state index in [2.05, 4.69) is 15.3 Å². The highest BCUT2D eigenvalue weighted by molar-refractivity contribution is 8.00. The molecule has 0 aliphatic rings. The first-order chi connectivity index (χ1) is 12.0. The summed E-state index contributed by atoms with van der Waals surface area (Å²) in [6.45, 7) is 1.65. The number of aromatic nitrogens is 2. The summed E-state index contributed by atoms with van der Waals surface area (Å²) in [5, 5.41) is 4.29. The number of halogens is 2. The predicted octanol–water partition coefficient (Wildman–Crippen LogP) is 3.88. The van der Waals surface area contributed by atoms with E-state index in [4.69, 9.17) is 0 Å². The topological polar surface area (TPSA) is 54.9 Å². The lowest BCUT2D eigenvalue weighted by atomic mass is 10.1. The molecule has 25 heavy (non-hydrogen) atoms. The normalized spacial score (nSPS) is 12.1. The molecule has 7 heteroatoms. The van der Waals surface area contributed by atoms with Crippen LogP contribution in [-0.4, -0.2) is 21.6 Å². The second-order valence-corrected chi connectivity index (χ2v) is 6.40. The van der Waals surface area contributed by atoms with E-state index < -0.39 is 17.7 Å². The zero-order valence-corrected chi connectivity index (χ0v) is 14.2. The molecule has 0 spiro atoms. The molecule has 0 saturated heterocycles. The molecule has 0 saturated carbocycles. The van der Waals surface area contributed by atoms with Crippen molar-refractivity contribution < 1.29 is 13.6 Å². The maximum atomic E-state index is 13.8. The highest BCUT2D eigenvalue weighted by Crippen LogP contribution is 2.24. The van der Waals surface area contributed by atoms with E-state index in [0.29, 0.717) is 5.03 Å². The van der Waals surface area contributed by atoms with Gasteiger partial charge in [0.05, 0.1) is 17.3 Å². The summed E-state index contributed by atoms with van der Waals surface area (Å²) in [5.74, 6) is -1.45. The minimum absolute atomic E-state index is 0.133. The van der Waals surface area contributed by atoms with Crippen LogP contribution in [0, 0.1) is 11.6 Å². The Morgan fingerprint density at radius 3 is 2.80 bits per heavy atom. The van der Waals surface area contributed by atoms with Crippen LogP contribution in [0.25, 0.3) is 10.9 Å². The number of carbonyl (C=O) groups is 1. The van der Waals surface area contributed by atoms with Gasteiger partial charge in [-0.25, -0.2) is 18.7 Å². The lowest BCUT2D eigenvalue weighted by molar-refractivity contribution is -0.119. The summed E-state index contributed by atoms with van der Waals surface area (Å²) >= 11 is 1.28. The molecule has 1 N–H and O–H groups in total. The third kappa shape index (κ3) is 4.11. The van der Waals surface area contributed by atoms with Gasteiger partial charge in [-0.3, -0.25) is 4.79 Å². The van der Waals surface area contributed by atoms with E-state index >= 15 is 0 Å². The highest BCUT2D eigenvalue weighted by Gasteiger charge is 2.15. The molecule has 0 bridgehead atoms. The van der Waals surface area contributed by atoms with Crippen molar-refractivity contribution in [1.82, 2.24) is 15.3 Å². The number of hydrogen-bond donors (Lipinski definition) is 1. The molecule has 0 radical (unpaired) electrons. The Kier molecular flexibility index (Phi) is 5.23. The first-order valence-corrected chi connectivity index (χ1v) is 8.60. The van der Waals surface area contributed by atoms with Crippen LogP contribution < -0.4 is 5.32 Å². The molecule has 0 aliphatic heterocycles. The maximum Gasteiger partial charge on any atom is 0.230 e. The largest absolute Gasteiger partial charge is 0.349 e. The summed E-state index contributed by atoms with van der Waals surface area (Å²) in [6, 6.07) is 10.3. The number of para-hydroxylation sites is 1. The Balaban J connectivity index is 1.64. The van der Waals surface area contributed by atoms with Crippen LogP contribution >= 0.6 is 11.8 Å². The summed E-state index contributed by atoms with van der Waals surface area (Å²) in [4.78, 5) is 20.5. The number of carbonyl (C=O) groups excluding carboxylic acids is 1. The van der Waals surface area contributed by atoms with Gasteiger partial charge in [0.1, 0.15) is 23.0 Å². The van der Waals surface area contributed by atoms with Crippen molar-refractivity contribution in [1.29, 1.82) is 0 Å². The van der Waals surface area contributed by atoms with E-state index in [1.807, 2.05) is 24.3 Å². The highest BCUT2D eigenvalue weighted by atomic mass is 32.2. The van der Waals surface area contributed by atoms with Gasteiger partial charge in [0.2, 0.25) is 5.91 Å². The van der Waals surface area contributed by atoms with Crippen LogP contribution in [0.15, 0.2) is 53.8 Å². The van der Waals surface area contributed by atoms with Crippen LogP contribution in [0.5, 0.6) is 0 Å². The van der Waals surface area contributed by atoms with Gasteiger partial charge < -0.3 is 5.32 Å². The van der Waals surface area contributed by atoms with Crippen LogP contribution in [0.3, 0.4) is 0 Å². The third-order valence-corrected chi connectivity index (χ3v) is 4.66. The fourth-order valence-corrected chi connectivity index (χ4v) is 3.24. The second kappa shape index (κ2) is 7.57. The SMILES string of the molecule is C[C@H](NC(=O)CSc1ncnc2ccccc12)c1ccc(F)cc1F. The van der Waals surface area contributed by atoms with Gasteiger partial charge >= 0.3 is 0 Å². The lowest BCUT2D eigenvalue weighted by Crippen LogP contribution is -2.28. The fraction of sp³-hybridized carbons (Fsp3) is 0.167. The molecule has 1 amide bonds. The zero-order chi connectivity index (χ0) is 17.8. The van der Waals surface area contributed by atoms with Gasteiger partial charge in [0, 0.05) is 17.0 Å². The first kappa shape index (κ1) is 17.3. The van der Waals surface area contributed by atoms with E-state index in [1.54, 1.807) is 6.92 Å². The summed E-state index contributed by atoms with van der Waals surface area (Å²) in [6.07, 6.45) is 1.46. The van der Waals surface area contributed by atoms with Crippen molar-refractivity contribution in [2.45, 2.75) is 18.0 Å². The number of benzene rings is 2. The van der Waals surface area contributed by atoms with E-state index in [9.17, 15) is 13.6 Å². The van der Waals surface area contributed by atoms with E-state index in [0.717, 1.165) is 17.0 Å². The number of nitrogens with one attached hydrogen (secondary N) is 1. The number of amides is 1. The van der Waals surface area contributed by atoms with Crippen LogP contribution in [0.1, 0.15) is 18.5 Å². The number of thioether (sulfide) groups is 1. The van der Waals surface area contributed by atoms with E-state index in [-0.39, 0.29) is 17.2 Å². The standard InChI is InChI=1S/C18H15F2N3OS/c1-11(13-7-6-12(19)8-15(13)20)23-17(24)9-25-18-14-4-2-3-5-16(14)21-10-22-18/h2-8,10-11H,9H2,1H3,(H,23,24)/t11-/m0/s1. The molecule has 1 aromatic heterocycles. The van der Waals surface area contributed by atoms with Gasteiger partial charge in [-0.05, 0) is 19.1 Å². The fourth-order valence-electron chi connectivity index (χ4n) is 2.44. The molecule has 0 aliphatic carbocycles. The molecular formula is C18H15F2N3OS. The van der Waals surface area contributed by atoms with Crippen molar-refractivity contribution in [3.05, 3.63) is 66.0 Å². The molecule has 4 nitrogen and oxygen atoms in total. The summed E-state index contributed by atoms with van der Waals surface area (Å²) < 4.78 is 26.7. The summed E-state index contributed by atoms with van der Waals surface area (Å²) in [7, 11) is 0. The van der Waals surface area contributed by atoms with Crippen molar-refractivity contribution in [3.63, 3.8) is 0 Å². The molecule has 3 rings (SSSR count). The monoisotopic (exact) mass is 359 g/mol. The molecule has 1 heterocycles. The number of nitrogens with zero attached hydrogens (tertiary/aromatic N) is 2. The Morgan fingerprint density at radius 1 is 1.20 bits per heavy atom. The minimum atomic E-state index is -0.678. The Morgan fingerprint density at radius 2 is 2.00 bits per heavy atom. The number of fused-ring (bicyclic) bond motifs is 1. The van der Waals surface area contributed by atoms with Crippen LogP contribution in [0.2, 0.25) is 0 Å². The Labute approximate surface area is 147 Å². The summed E-state index contributed by atoms with van der Waals surface area (Å²) in [5.41, 5.74) is 1.05. The van der Waals surface area contributed by atoms with Gasteiger partial charge in [-0.1, -0.05) is 36.0 Å². The lowest BCUT2D eigenvalue weighted by Gasteiger charge is -2.15. The predicted molar refractivity (Wildman–Crippen MR) is 93.2 cm³/mol. The molecule has 1 atom stereocenters. The first-order valence-electron chi connectivity index (χ1n) is 7.61. The number of rotatable bonds is 5. The van der Waals surface area contributed by atoms with Crippen molar-refractivity contribution in [3.8, 4) is 0 Å². The van der Waals surface area contributed by atoms with Crippen molar-refractivity contribution >= 4 is 28.6 Å². The van der Waals surface area contributed by atoms with Gasteiger partial charge in [0.25, 0.3) is 0 Å².